The van der Waals surface area contributed by atoms with Gasteiger partial charge in [0, 0.05) is 25.8 Å². The van der Waals surface area contributed by atoms with Crippen molar-refractivity contribution >= 4 is 15.7 Å². The predicted octanol–water partition coefficient (Wildman–Crippen LogP) is 1.36. The number of morpholine rings is 1. The lowest BCUT2D eigenvalue weighted by Gasteiger charge is -2.38. The molecule has 0 N–H and O–H groups in total. The van der Waals surface area contributed by atoms with Gasteiger partial charge in [-0.25, -0.2) is 8.42 Å². The highest BCUT2D eigenvalue weighted by atomic mass is 32.2. The number of amides is 1. The fraction of sp³-hybridized carbons (Fsp3) is 0.562. The van der Waals surface area contributed by atoms with Crippen LogP contribution in [0.15, 0.2) is 29.2 Å². The first-order chi connectivity index (χ1) is 10.7. The van der Waals surface area contributed by atoms with Crippen LogP contribution in [-0.4, -0.2) is 64.0 Å². The van der Waals surface area contributed by atoms with Crippen molar-refractivity contribution in [3.8, 4) is 0 Å². The van der Waals surface area contributed by atoms with E-state index in [0.29, 0.717) is 25.3 Å². The molecule has 1 saturated heterocycles. The molecule has 1 aromatic rings. The van der Waals surface area contributed by atoms with E-state index in [-0.39, 0.29) is 28.8 Å². The van der Waals surface area contributed by atoms with Crippen LogP contribution in [0.25, 0.3) is 0 Å². The van der Waals surface area contributed by atoms with Crippen molar-refractivity contribution < 1.29 is 22.7 Å². The fourth-order valence-corrected chi connectivity index (χ4v) is 3.66. The Morgan fingerprint density at radius 1 is 1.30 bits per heavy atom. The van der Waals surface area contributed by atoms with E-state index in [4.69, 9.17) is 9.47 Å². The van der Waals surface area contributed by atoms with Crippen molar-refractivity contribution in [1.29, 1.82) is 0 Å². The molecule has 0 aromatic heterocycles. The Hall–Kier alpha value is -1.44. The van der Waals surface area contributed by atoms with E-state index >= 15 is 0 Å². The first kappa shape index (κ1) is 17.9. The van der Waals surface area contributed by atoms with Crippen LogP contribution < -0.4 is 0 Å². The Balaban J connectivity index is 2.11. The maximum atomic E-state index is 12.5. The first-order valence-electron chi connectivity index (χ1n) is 7.50. The molecule has 6 nitrogen and oxygen atoms in total. The zero-order valence-electron chi connectivity index (χ0n) is 13.7. The Labute approximate surface area is 137 Å². The zero-order valence-corrected chi connectivity index (χ0v) is 14.6. The highest BCUT2D eigenvalue weighted by Crippen LogP contribution is 2.19. The van der Waals surface area contributed by atoms with E-state index in [0.717, 1.165) is 0 Å². The van der Waals surface area contributed by atoms with Crippen LogP contribution in [0.2, 0.25) is 0 Å². The van der Waals surface area contributed by atoms with Crippen LogP contribution in [0.1, 0.15) is 24.2 Å². The maximum absolute atomic E-state index is 12.5. The van der Waals surface area contributed by atoms with Gasteiger partial charge in [-0.2, -0.15) is 0 Å². The summed E-state index contributed by atoms with van der Waals surface area (Å²) < 4.78 is 34.5. The van der Waals surface area contributed by atoms with Gasteiger partial charge in [-0.05, 0) is 38.1 Å². The number of hydrogen-bond donors (Lipinski definition) is 0. The largest absolute Gasteiger partial charge is 0.384 e. The van der Waals surface area contributed by atoms with Crippen LogP contribution in [-0.2, 0) is 19.3 Å². The second-order valence-electron chi connectivity index (χ2n) is 6.17. The van der Waals surface area contributed by atoms with Crippen LogP contribution in [0.3, 0.4) is 0 Å². The molecule has 0 saturated carbocycles. The molecule has 1 aromatic carbocycles. The summed E-state index contributed by atoms with van der Waals surface area (Å²) in [5, 5.41) is 0. The maximum Gasteiger partial charge on any atom is 0.254 e. The number of methoxy groups -OCH3 is 1. The number of sulfone groups is 1. The van der Waals surface area contributed by atoms with Crippen LogP contribution in [0.4, 0.5) is 0 Å². The lowest BCUT2D eigenvalue weighted by atomic mass is 10.1. The van der Waals surface area contributed by atoms with Crippen LogP contribution >= 0.6 is 0 Å². The molecule has 0 unspecified atom stereocenters. The van der Waals surface area contributed by atoms with Crippen molar-refractivity contribution in [1.82, 2.24) is 4.90 Å². The standard InChI is InChI=1S/C16H23NO5S/c1-16(2)12-17(8-9-22-16)15(18)13-4-6-14(7-5-13)23(19,20)11-10-21-3/h4-7H,8-12H2,1-3H3. The molecule has 2 rings (SSSR count). The van der Waals surface area contributed by atoms with E-state index in [1.165, 1.54) is 19.2 Å². The van der Waals surface area contributed by atoms with E-state index < -0.39 is 9.84 Å². The van der Waals surface area contributed by atoms with Gasteiger partial charge in [0.15, 0.2) is 9.84 Å². The van der Waals surface area contributed by atoms with Gasteiger partial charge in [0.25, 0.3) is 5.91 Å². The van der Waals surface area contributed by atoms with Crippen LogP contribution in [0.5, 0.6) is 0 Å². The Bertz CT molecular complexity index is 652. The molecule has 23 heavy (non-hydrogen) atoms. The van der Waals surface area contributed by atoms with Gasteiger partial charge < -0.3 is 14.4 Å². The van der Waals surface area contributed by atoms with Crippen LogP contribution in [0, 0.1) is 0 Å². The summed E-state index contributed by atoms with van der Waals surface area (Å²) in [6, 6.07) is 6.07. The summed E-state index contributed by atoms with van der Waals surface area (Å²) in [6.45, 7) is 5.58. The Kier molecular flexibility index (Phi) is 5.44. The third-order valence-electron chi connectivity index (χ3n) is 3.73. The fourth-order valence-electron chi connectivity index (χ4n) is 2.49. The third-order valence-corrected chi connectivity index (χ3v) is 5.42. The monoisotopic (exact) mass is 341 g/mol. The molecule has 1 heterocycles. The van der Waals surface area contributed by atoms with E-state index in [1.54, 1.807) is 17.0 Å². The molecular formula is C16H23NO5S. The summed E-state index contributed by atoms with van der Waals surface area (Å²) in [6.07, 6.45) is 0. The number of ether oxygens (including phenoxy) is 2. The van der Waals surface area contributed by atoms with E-state index in [1.807, 2.05) is 13.8 Å². The summed E-state index contributed by atoms with van der Waals surface area (Å²) in [7, 11) is -1.92. The Morgan fingerprint density at radius 2 is 1.96 bits per heavy atom. The Morgan fingerprint density at radius 3 is 2.52 bits per heavy atom. The lowest BCUT2D eigenvalue weighted by molar-refractivity contribution is -0.0764. The number of rotatable bonds is 5. The second-order valence-corrected chi connectivity index (χ2v) is 8.28. The number of nitrogens with zero attached hydrogens (tertiary/aromatic N) is 1. The molecule has 1 aliphatic rings. The molecule has 0 bridgehead atoms. The minimum Gasteiger partial charge on any atom is -0.384 e. The first-order valence-corrected chi connectivity index (χ1v) is 9.15. The molecule has 0 aliphatic carbocycles. The van der Waals surface area contributed by atoms with Crippen molar-refractivity contribution in [3.05, 3.63) is 29.8 Å². The molecule has 1 amide bonds. The molecule has 1 aliphatic heterocycles. The minimum absolute atomic E-state index is 0.0750. The van der Waals surface area contributed by atoms with E-state index in [9.17, 15) is 13.2 Å². The smallest absolute Gasteiger partial charge is 0.254 e. The van der Waals surface area contributed by atoms with Gasteiger partial charge in [-0.15, -0.1) is 0 Å². The second kappa shape index (κ2) is 6.98. The molecular weight excluding hydrogens is 318 g/mol. The molecule has 7 heteroatoms. The number of hydrogen-bond acceptors (Lipinski definition) is 5. The van der Waals surface area contributed by atoms with Gasteiger partial charge in [0.2, 0.25) is 0 Å². The number of carbonyl (C=O) groups is 1. The van der Waals surface area contributed by atoms with Gasteiger partial charge in [0.05, 0.1) is 29.5 Å². The van der Waals surface area contributed by atoms with E-state index in [2.05, 4.69) is 0 Å². The minimum atomic E-state index is -3.38. The topological polar surface area (TPSA) is 72.9 Å². The third kappa shape index (κ3) is 4.53. The highest BCUT2D eigenvalue weighted by molar-refractivity contribution is 7.91. The number of carbonyl (C=O) groups excluding carboxylic acids is 1. The molecule has 128 valence electrons. The summed E-state index contributed by atoms with van der Waals surface area (Å²) in [5.41, 5.74) is 0.116. The van der Waals surface area contributed by atoms with Gasteiger partial charge in [-0.1, -0.05) is 0 Å². The predicted molar refractivity (Wildman–Crippen MR) is 86.3 cm³/mol. The highest BCUT2D eigenvalue weighted by Gasteiger charge is 2.30. The van der Waals surface area contributed by atoms with Crippen molar-refractivity contribution in [2.24, 2.45) is 0 Å². The summed E-state index contributed by atoms with van der Waals surface area (Å²) in [5.74, 6) is -0.184. The zero-order chi connectivity index (χ0) is 17.1. The SMILES string of the molecule is COCCS(=O)(=O)c1ccc(C(=O)N2CCOC(C)(C)C2)cc1. The van der Waals surface area contributed by atoms with Gasteiger partial charge in [-0.3, -0.25) is 4.79 Å². The van der Waals surface area contributed by atoms with Gasteiger partial charge >= 0.3 is 0 Å². The number of benzene rings is 1. The molecule has 0 atom stereocenters. The molecule has 0 spiro atoms. The quantitative estimate of drug-likeness (QED) is 0.808. The average Bonchev–Trinajstić information content (AvgIpc) is 2.51. The average molecular weight is 341 g/mol. The van der Waals surface area contributed by atoms with Crippen molar-refractivity contribution in [2.45, 2.75) is 24.3 Å². The molecule has 0 radical (unpaired) electrons. The van der Waals surface area contributed by atoms with Gasteiger partial charge in [0.1, 0.15) is 0 Å². The summed E-state index contributed by atoms with van der Waals surface area (Å²) in [4.78, 5) is 14.5. The lowest BCUT2D eigenvalue weighted by Crippen LogP contribution is -2.50. The summed E-state index contributed by atoms with van der Waals surface area (Å²) >= 11 is 0. The van der Waals surface area contributed by atoms with Crippen molar-refractivity contribution in [2.75, 3.05) is 39.2 Å². The van der Waals surface area contributed by atoms with Crippen molar-refractivity contribution in [3.63, 3.8) is 0 Å². The normalized spacial score (nSPS) is 18.0. The molecule has 1 fully saturated rings.